The SMILES string of the molecule is COc1ccc(NC(=O)c2cc(S(=O)(=O)NC(C)C)ccc2Cl)cc1NC(C)=O. The number of methoxy groups -OCH3 is 1. The van der Waals surface area contributed by atoms with Gasteiger partial charge in [-0.25, -0.2) is 13.1 Å². The Hall–Kier alpha value is -2.62. The molecule has 0 atom stereocenters. The van der Waals surface area contributed by atoms with Gasteiger partial charge < -0.3 is 15.4 Å². The molecule has 0 heterocycles. The molecule has 3 N–H and O–H groups in total. The van der Waals surface area contributed by atoms with Crippen LogP contribution >= 0.6 is 11.6 Å². The van der Waals surface area contributed by atoms with E-state index in [2.05, 4.69) is 15.4 Å². The minimum atomic E-state index is -3.79. The molecule has 0 aliphatic heterocycles. The lowest BCUT2D eigenvalue weighted by Crippen LogP contribution is -2.30. The van der Waals surface area contributed by atoms with Crippen molar-refractivity contribution in [3.8, 4) is 5.75 Å². The van der Waals surface area contributed by atoms with Crippen LogP contribution in [0.5, 0.6) is 5.75 Å². The second-order valence-electron chi connectivity index (χ2n) is 6.47. The van der Waals surface area contributed by atoms with E-state index < -0.39 is 15.9 Å². The number of halogens is 1. The highest BCUT2D eigenvalue weighted by Gasteiger charge is 2.20. The maximum Gasteiger partial charge on any atom is 0.257 e. The quantitative estimate of drug-likeness (QED) is 0.612. The maximum atomic E-state index is 12.7. The van der Waals surface area contributed by atoms with Crippen LogP contribution in [0.1, 0.15) is 31.1 Å². The topological polar surface area (TPSA) is 114 Å². The summed E-state index contributed by atoms with van der Waals surface area (Å²) in [5.41, 5.74) is 0.737. The number of sulfonamides is 1. The zero-order valence-corrected chi connectivity index (χ0v) is 17.9. The van der Waals surface area contributed by atoms with Crippen molar-refractivity contribution in [1.82, 2.24) is 4.72 Å². The predicted molar refractivity (Wildman–Crippen MR) is 112 cm³/mol. The molecule has 0 aliphatic carbocycles. The molecule has 29 heavy (non-hydrogen) atoms. The Kier molecular flexibility index (Phi) is 7.23. The van der Waals surface area contributed by atoms with E-state index in [1.54, 1.807) is 26.0 Å². The van der Waals surface area contributed by atoms with Gasteiger partial charge >= 0.3 is 0 Å². The monoisotopic (exact) mass is 439 g/mol. The van der Waals surface area contributed by atoms with Crippen molar-refractivity contribution in [1.29, 1.82) is 0 Å². The highest BCUT2D eigenvalue weighted by molar-refractivity contribution is 7.89. The minimum Gasteiger partial charge on any atom is -0.495 e. The summed E-state index contributed by atoms with van der Waals surface area (Å²) in [5, 5.41) is 5.34. The number of hydrogen-bond donors (Lipinski definition) is 3. The zero-order valence-electron chi connectivity index (χ0n) is 16.4. The van der Waals surface area contributed by atoms with Gasteiger partial charge in [-0.3, -0.25) is 9.59 Å². The first kappa shape index (κ1) is 22.7. The van der Waals surface area contributed by atoms with Gasteiger partial charge in [0.1, 0.15) is 5.75 Å². The molecule has 2 aromatic carbocycles. The molecule has 0 spiro atoms. The highest BCUT2D eigenvalue weighted by Crippen LogP contribution is 2.29. The average Bonchev–Trinajstić information content (AvgIpc) is 2.60. The summed E-state index contributed by atoms with van der Waals surface area (Å²) >= 11 is 6.11. The van der Waals surface area contributed by atoms with E-state index in [0.29, 0.717) is 17.1 Å². The van der Waals surface area contributed by atoms with E-state index in [4.69, 9.17) is 16.3 Å². The van der Waals surface area contributed by atoms with Gasteiger partial charge in [0.05, 0.1) is 28.3 Å². The standard InChI is InChI=1S/C19H22ClN3O5S/c1-11(2)23-29(26,27)14-6-7-16(20)15(10-14)19(25)22-13-5-8-18(28-4)17(9-13)21-12(3)24/h5-11,23H,1-4H3,(H,21,24)(H,22,25). The molecule has 0 radical (unpaired) electrons. The molecule has 0 aromatic heterocycles. The Labute approximate surface area is 174 Å². The maximum absolute atomic E-state index is 12.7. The van der Waals surface area contributed by atoms with Gasteiger partial charge in [0.15, 0.2) is 0 Å². The molecule has 0 unspecified atom stereocenters. The van der Waals surface area contributed by atoms with Crippen molar-refractivity contribution >= 4 is 44.8 Å². The third-order valence-corrected chi connectivity index (χ3v) is 5.64. The fourth-order valence-corrected chi connectivity index (χ4v) is 3.98. The second-order valence-corrected chi connectivity index (χ2v) is 8.59. The molecule has 156 valence electrons. The summed E-state index contributed by atoms with van der Waals surface area (Å²) in [6, 6.07) is 8.26. The van der Waals surface area contributed by atoms with E-state index >= 15 is 0 Å². The fraction of sp³-hybridized carbons (Fsp3) is 0.263. The third kappa shape index (κ3) is 5.93. The van der Waals surface area contributed by atoms with Crippen LogP contribution in [0.2, 0.25) is 5.02 Å². The van der Waals surface area contributed by atoms with Crippen molar-refractivity contribution < 1.29 is 22.7 Å². The van der Waals surface area contributed by atoms with E-state index in [-0.39, 0.29) is 27.4 Å². The van der Waals surface area contributed by atoms with Crippen molar-refractivity contribution in [2.45, 2.75) is 31.7 Å². The molecule has 10 heteroatoms. The van der Waals surface area contributed by atoms with E-state index in [9.17, 15) is 18.0 Å². The van der Waals surface area contributed by atoms with Gasteiger partial charge in [0.2, 0.25) is 15.9 Å². The van der Waals surface area contributed by atoms with Crippen LogP contribution in [-0.4, -0.2) is 33.4 Å². The lowest BCUT2D eigenvalue weighted by atomic mass is 10.2. The number of amides is 2. The van der Waals surface area contributed by atoms with Gasteiger partial charge in [0.25, 0.3) is 5.91 Å². The van der Waals surface area contributed by atoms with Crippen LogP contribution in [0.4, 0.5) is 11.4 Å². The number of carbonyl (C=O) groups is 2. The Morgan fingerprint density at radius 2 is 1.76 bits per heavy atom. The number of benzene rings is 2. The zero-order chi connectivity index (χ0) is 21.8. The number of ether oxygens (including phenoxy) is 1. The molecule has 0 bridgehead atoms. The molecule has 0 fully saturated rings. The Balaban J connectivity index is 2.34. The van der Waals surface area contributed by atoms with Gasteiger partial charge in [-0.15, -0.1) is 0 Å². The van der Waals surface area contributed by atoms with Crippen LogP contribution in [0, 0.1) is 0 Å². The first-order valence-corrected chi connectivity index (χ1v) is 10.5. The van der Waals surface area contributed by atoms with Gasteiger partial charge in [0, 0.05) is 18.7 Å². The molecular weight excluding hydrogens is 418 g/mol. The lowest BCUT2D eigenvalue weighted by molar-refractivity contribution is -0.114. The molecule has 0 saturated carbocycles. The minimum absolute atomic E-state index is 0.00445. The molecule has 2 aromatic rings. The van der Waals surface area contributed by atoms with E-state index in [1.807, 2.05) is 0 Å². The predicted octanol–water partition coefficient (Wildman–Crippen LogP) is 3.25. The molecule has 2 rings (SSSR count). The Morgan fingerprint density at radius 3 is 2.34 bits per heavy atom. The van der Waals surface area contributed by atoms with Gasteiger partial charge in [-0.05, 0) is 50.2 Å². The van der Waals surface area contributed by atoms with Crippen LogP contribution < -0.4 is 20.1 Å². The number of nitrogens with one attached hydrogen (secondary N) is 3. The number of anilines is 2. The number of carbonyl (C=O) groups excluding carboxylic acids is 2. The van der Waals surface area contributed by atoms with Crippen molar-refractivity contribution in [2.75, 3.05) is 17.7 Å². The first-order valence-electron chi connectivity index (χ1n) is 8.62. The molecule has 2 amide bonds. The average molecular weight is 440 g/mol. The highest BCUT2D eigenvalue weighted by atomic mass is 35.5. The lowest BCUT2D eigenvalue weighted by Gasteiger charge is -2.13. The Bertz CT molecular complexity index is 1040. The normalized spacial score (nSPS) is 11.2. The third-order valence-electron chi connectivity index (χ3n) is 3.65. The number of rotatable bonds is 7. The molecule has 0 saturated heterocycles. The van der Waals surface area contributed by atoms with E-state index in [1.165, 1.54) is 38.3 Å². The molecule has 0 aliphatic rings. The first-order chi connectivity index (χ1) is 13.5. The van der Waals surface area contributed by atoms with Crippen molar-refractivity contribution in [3.05, 3.63) is 47.0 Å². The van der Waals surface area contributed by atoms with Crippen LogP contribution in [0.25, 0.3) is 0 Å². The summed E-state index contributed by atoms with van der Waals surface area (Å²) in [5.74, 6) is -0.481. The second kappa shape index (κ2) is 9.25. The largest absolute Gasteiger partial charge is 0.495 e. The summed E-state index contributed by atoms with van der Waals surface area (Å²) in [7, 11) is -2.33. The van der Waals surface area contributed by atoms with E-state index in [0.717, 1.165) is 0 Å². The van der Waals surface area contributed by atoms with Crippen LogP contribution in [0.3, 0.4) is 0 Å². The summed E-state index contributed by atoms with van der Waals surface area (Å²) < 4.78 is 32.4. The molecular formula is C19H22ClN3O5S. The fourth-order valence-electron chi connectivity index (χ4n) is 2.50. The molecule has 8 nitrogen and oxygen atoms in total. The Morgan fingerprint density at radius 1 is 1.07 bits per heavy atom. The van der Waals surface area contributed by atoms with Gasteiger partial charge in [-0.1, -0.05) is 11.6 Å². The van der Waals surface area contributed by atoms with Crippen molar-refractivity contribution in [3.63, 3.8) is 0 Å². The summed E-state index contributed by atoms with van der Waals surface area (Å²) in [6.07, 6.45) is 0. The smallest absolute Gasteiger partial charge is 0.257 e. The summed E-state index contributed by atoms with van der Waals surface area (Å²) in [4.78, 5) is 24.0. The van der Waals surface area contributed by atoms with Crippen LogP contribution in [0.15, 0.2) is 41.3 Å². The van der Waals surface area contributed by atoms with Gasteiger partial charge in [-0.2, -0.15) is 0 Å². The van der Waals surface area contributed by atoms with Crippen LogP contribution in [-0.2, 0) is 14.8 Å². The summed E-state index contributed by atoms with van der Waals surface area (Å²) in [6.45, 7) is 4.73. The van der Waals surface area contributed by atoms with Crippen molar-refractivity contribution in [2.24, 2.45) is 0 Å². The number of hydrogen-bond acceptors (Lipinski definition) is 5.